The predicted octanol–water partition coefficient (Wildman–Crippen LogP) is 2.83. The van der Waals surface area contributed by atoms with E-state index in [1.54, 1.807) is 0 Å². The second-order valence-corrected chi connectivity index (χ2v) is 6.01. The Morgan fingerprint density at radius 1 is 1.29 bits per heavy atom. The van der Waals surface area contributed by atoms with Gasteiger partial charge in [0.25, 0.3) is 0 Å². The Labute approximate surface area is 88.6 Å². The summed E-state index contributed by atoms with van der Waals surface area (Å²) in [4.78, 5) is 0. The van der Waals surface area contributed by atoms with Gasteiger partial charge in [0.05, 0.1) is 0 Å². The molecule has 1 rings (SSSR count). The summed E-state index contributed by atoms with van der Waals surface area (Å²) in [5.74, 6) is 6.54. The Morgan fingerprint density at radius 2 is 1.86 bits per heavy atom. The van der Waals surface area contributed by atoms with Gasteiger partial charge in [-0.3, -0.25) is 11.3 Å². The average molecular weight is 198 g/mol. The molecule has 0 bridgehead atoms. The summed E-state index contributed by atoms with van der Waals surface area (Å²) in [5.41, 5.74) is 3.37. The van der Waals surface area contributed by atoms with Crippen LogP contribution in [0, 0.1) is 11.3 Å². The fraction of sp³-hybridized carbons (Fsp3) is 1.00. The molecule has 0 heterocycles. The Bertz CT molecular complexity index is 154. The van der Waals surface area contributed by atoms with Gasteiger partial charge in [-0.15, -0.1) is 0 Å². The van der Waals surface area contributed by atoms with Crippen LogP contribution in [0.25, 0.3) is 0 Å². The fourth-order valence-electron chi connectivity index (χ4n) is 2.60. The molecule has 1 atom stereocenters. The maximum atomic E-state index is 5.61. The van der Waals surface area contributed by atoms with E-state index in [0.717, 1.165) is 5.92 Å². The monoisotopic (exact) mass is 198 g/mol. The van der Waals surface area contributed by atoms with Gasteiger partial charge in [-0.05, 0) is 24.2 Å². The van der Waals surface area contributed by atoms with Gasteiger partial charge in [0.1, 0.15) is 0 Å². The van der Waals surface area contributed by atoms with Crippen LogP contribution >= 0.6 is 0 Å². The molecule has 0 aromatic rings. The van der Waals surface area contributed by atoms with Crippen molar-refractivity contribution in [3.05, 3.63) is 0 Å². The standard InChI is InChI=1S/C12H26N2/c1-12(2,3)9-11(14-13)8-10-6-4-5-7-10/h10-11,14H,4-9,13H2,1-3H3. The lowest BCUT2D eigenvalue weighted by Crippen LogP contribution is -2.39. The van der Waals surface area contributed by atoms with Crippen LogP contribution in [0.15, 0.2) is 0 Å². The predicted molar refractivity (Wildman–Crippen MR) is 61.8 cm³/mol. The van der Waals surface area contributed by atoms with Crippen LogP contribution in [0.5, 0.6) is 0 Å². The van der Waals surface area contributed by atoms with E-state index in [1.165, 1.54) is 38.5 Å². The highest BCUT2D eigenvalue weighted by atomic mass is 15.2. The zero-order valence-electron chi connectivity index (χ0n) is 9.97. The van der Waals surface area contributed by atoms with Gasteiger partial charge < -0.3 is 0 Å². The van der Waals surface area contributed by atoms with Crippen LogP contribution in [0.2, 0.25) is 0 Å². The van der Waals surface area contributed by atoms with Crippen molar-refractivity contribution < 1.29 is 0 Å². The summed E-state index contributed by atoms with van der Waals surface area (Å²) in [7, 11) is 0. The first-order valence-corrected chi connectivity index (χ1v) is 5.97. The number of nitrogens with two attached hydrogens (primary N) is 1. The minimum Gasteiger partial charge on any atom is -0.271 e. The van der Waals surface area contributed by atoms with Gasteiger partial charge >= 0.3 is 0 Å². The van der Waals surface area contributed by atoms with Gasteiger partial charge in [-0.2, -0.15) is 0 Å². The fourth-order valence-corrected chi connectivity index (χ4v) is 2.60. The van der Waals surface area contributed by atoms with Crippen molar-refractivity contribution in [2.45, 2.75) is 65.3 Å². The van der Waals surface area contributed by atoms with E-state index in [-0.39, 0.29) is 0 Å². The molecule has 3 N–H and O–H groups in total. The molecule has 14 heavy (non-hydrogen) atoms. The largest absolute Gasteiger partial charge is 0.271 e. The normalized spacial score (nSPS) is 21.4. The van der Waals surface area contributed by atoms with Crippen LogP contribution in [0.1, 0.15) is 59.3 Å². The van der Waals surface area contributed by atoms with E-state index in [1.807, 2.05) is 0 Å². The molecule has 1 aliphatic rings. The topological polar surface area (TPSA) is 38.0 Å². The zero-order chi connectivity index (χ0) is 10.6. The summed E-state index contributed by atoms with van der Waals surface area (Å²) in [6, 6.07) is 0.512. The molecule has 1 unspecified atom stereocenters. The second kappa shape index (κ2) is 5.13. The summed E-state index contributed by atoms with van der Waals surface area (Å²) < 4.78 is 0. The SMILES string of the molecule is CC(C)(C)CC(CC1CCCC1)NN. The maximum Gasteiger partial charge on any atom is 0.0218 e. The molecule has 0 amide bonds. The Hall–Kier alpha value is -0.0800. The molecule has 0 radical (unpaired) electrons. The lowest BCUT2D eigenvalue weighted by Gasteiger charge is -2.27. The first-order chi connectivity index (χ1) is 6.51. The molecule has 2 nitrogen and oxygen atoms in total. The molecule has 84 valence electrons. The van der Waals surface area contributed by atoms with Crippen molar-refractivity contribution in [1.82, 2.24) is 5.43 Å². The average Bonchev–Trinajstić information content (AvgIpc) is 2.53. The summed E-state index contributed by atoms with van der Waals surface area (Å²) in [5, 5.41) is 0. The van der Waals surface area contributed by atoms with Gasteiger partial charge in [-0.25, -0.2) is 0 Å². The Balaban J connectivity index is 2.30. The first-order valence-electron chi connectivity index (χ1n) is 5.97. The second-order valence-electron chi connectivity index (χ2n) is 6.01. The Kier molecular flexibility index (Phi) is 4.39. The van der Waals surface area contributed by atoms with E-state index in [4.69, 9.17) is 5.84 Å². The molecule has 0 saturated heterocycles. The lowest BCUT2D eigenvalue weighted by molar-refractivity contribution is 0.274. The molecular formula is C12H26N2. The third kappa shape index (κ3) is 4.43. The summed E-state index contributed by atoms with van der Waals surface area (Å²) >= 11 is 0. The Morgan fingerprint density at radius 3 is 2.29 bits per heavy atom. The van der Waals surface area contributed by atoms with Crippen LogP contribution in [0.4, 0.5) is 0 Å². The van der Waals surface area contributed by atoms with Gasteiger partial charge in [0, 0.05) is 6.04 Å². The van der Waals surface area contributed by atoms with Crippen molar-refractivity contribution in [1.29, 1.82) is 0 Å². The molecule has 1 fully saturated rings. The zero-order valence-corrected chi connectivity index (χ0v) is 9.97. The highest BCUT2D eigenvalue weighted by molar-refractivity contribution is 4.78. The molecule has 1 saturated carbocycles. The van der Waals surface area contributed by atoms with Crippen LogP contribution < -0.4 is 11.3 Å². The number of nitrogens with one attached hydrogen (secondary N) is 1. The third-order valence-corrected chi connectivity index (χ3v) is 3.19. The van der Waals surface area contributed by atoms with Crippen molar-refractivity contribution in [2.24, 2.45) is 17.2 Å². The molecule has 1 aliphatic carbocycles. The highest BCUT2D eigenvalue weighted by Crippen LogP contribution is 2.31. The smallest absolute Gasteiger partial charge is 0.0218 e. The number of hydrazine groups is 1. The molecule has 0 aromatic carbocycles. The van der Waals surface area contributed by atoms with E-state index >= 15 is 0 Å². The van der Waals surface area contributed by atoms with Crippen LogP contribution in [-0.2, 0) is 0 Å². The van der Waals surface area contributed by atoms with Crippen LogP contribution in [-0.4, -0.2) is 6.04 Å². The van der Waals surface area contributed by atoms with Crippen molar-refractivity contribution in [2.75, 3.05) is 0 Å². The quantitative estimate of drug-likeness (QED) is 0.538. The molecule has 0 aliphatic heterocycles. The maximum absolute atomic E-state index is 5.61. The molecule has 2 heteroatoms. The van der Waals surface area contributed by atoms with Crippen LogP contribution in [0.3, 0.4) is 0 Å². The van der Waals surface area contributed by atoms with E-state index < -0.39 is 0 Å². The van der Waals surface area contributed by atoms with E-state index in [2.05, 4.69) is 26.2 Å². The molecule has 0 spiro atoms. The number of hydrogen-bond donors (Lipinski definition) is 2. The minimum absolute atomic E-state index is 0.385. The van der Waals surface area contributed by atoms with Gasteiger partial charge in [-0.1, -0.05) is 46.5 Å². The molecular weight excluding hydrogens is 172 g/mol. The first kappa shape index (κ1) is 12.0. The summed E-state index contributed by atoms with van der Waals surface area (Å²) in [6.45, 7) is 6.85. The van der Waals surface area contributed by atoms with E-state index in [0.29, 0.717) is 11.5 Å². The number of rotatable bonds is 4. The van der Waals surface area contributed by atoms with Gasteiger partial charge in [0.2, 0.25) is 0 Å². The van der Waals surface area contributed by atoms with Crippen molar-refractivity contribution in [3.8, 4) is 0 Å². The molecule has 0 aromatic heterocycles. The highest BCUT2D eigenvalue weighted by Gasteiger charge is 2.23. The van der Waals surface area contributed by atoms with Crippen molar-refractivity contribution in [3.63, 3.8) is 0 Å². The van der Waals surface area contributed by atoms with E-state index in [9.17, 15) is 0 Å². The minimum atomic E-state index is 0.385. The number of hydrogen-bond acceptors (Lipinski definition) is 2. The summed E-state index contributed by atoms with van der Waals surface area (Å²) in [6.07, 6.45) is 8.15. The van der Waals surface area contributed by atoms with Crippen molar-refractivity contribution >= 4 is 0 Å². The van der Waals surface area contributed by atoms with Gasteiger partial charge in [0.15, 0.2) is 0 Å². The third-order valence-electron chi connectivity index (χ3n) is 3.19. The lowest BCUT2D eigenvalue weighted by atomic mass is 9.84.